The molecular formula is C20H22ClN3O4. The Bertz CT molecular complexity index is 905. The lowest BCUT2D eigenvalue weighted by Gasteiger charge is -2.13. The SMILES string of the molecule is Cc1cc(C)c(NC(=O)CNC(=O)COc2ccc(Cl)cc2C(N)=O)c(C)c1. The Kier molecular flexibility index (Phi) is 7.00. The molecule has 0 aliphatic heterocycles. The summed E-state index contributed by atoms with van der Waals surface area (Å²) in [6.45, 7) is 5.21. The van der Waals surface area contributed by atoms with Gasteiger partial charge in [-0.05, 0) is 50.1 Å². The number of ether oxygens (including phenoxy) is 1. The molecule has 0 aliphatic carbocycles. The minimum absolute atomic E-state index is 0.0726. The van der Waals surface area contributed by atoms with E-state index in [1.165, 1.54) is 18.2 Å². The van der Waals surface area contributed by atoms with Crippen LogP contribution in [0.15, 0.2) is 30.3 Å². The number of anilines is 1. The Labute approximate surface area is 168 Å². The van der Waals surface area contributed by atoms with E-state index in [0.29, 0.717) is 5.02 Å². The van der Waals surface area contributed by atoms with E-state index in [1.54, 1.807) is 0 Å². The van der Waals surface area contributed by atoms with Crippen LogP contribution in [0, 0.1) is 20.8 Å². The summed E-state index contributed by atoms with van der Waals surface area (Å²) in [5, 5.41) is 5.58. The predicted molar refractivity (Wildman–Crippen MR) is 108 cm³/mol. The number of hydrogen-bond acceptors (Lipinski definition) is 4. The summed E-state index contributed by atoms with van der Waals surface area (Å²) in [5.41, 5.74) is 9.07. The first-order valence-corrected chi connectivity index (χ1v) is 8.91. The van der Waals surface area contributed by atoms with Gasteiger partial charge in [0.05, 0.1) is 12.1 Å². The summed E-state index contributed by atoms with van der Waals surface area (Å²) >= 11 is 5.82. The van der Waals surface area contributed by atoms with Crippen LogP contribution in [0.3, 0.4) is 0 Å². The Morgan fingerprint density at radius 1 is 1.04 bits per heavy atom. The lowest BCUT2D eigenvalue weighted by Crippen LogP contribution is -2.36. The van der Waals surface area contributed by atoms with Gasteiger partial charge in [-0.25, -0.2) is 0 Å². The van der Waals surface area contributed by atoms with Gasteiger partial charge in [-0.15, -0.1) is 0 Å². The molecule has 0 aromatic heterocycles. The first kappa shape index (κ1) is 21.2. The van der Waals surface area contributed by atoms with Gasteiger partial charge >= 0.3 is 0 Å². The Morgan fingerprint density at radius 2 is 1.68 bits per heavy atom. The molecule has 28 heavy (non-hydrogen) atoms. The number of carbonyl (C=O) groups is 3. The molecule has 0 spiro atoms. The van der Waals surface area contributed by atoms with Crippen molar-refractivity contribution in [3.8, 4) is 5.75 Å². The highest BCUT2D eigenvalue weighted by Crippen LogP contribution is 2.23. The maximum Gasteiger partial charge on any atom is 0.258 e. The van der Waals surface area contributed by atoms with Crippen LogP contribution >= 0.6 is 11.6 Å². The van der Waals surface area contributed by atoms with E-state index in [9.17, 15) is 14.4 Å². The van der Waals surface area contributed by atoms with Crippen molar-refractivity contribution in [1.29, 1.82) is 0 Å². The lowest BCUT2D eigenvalue weighted by atomic mass is 10.1. The molecule has 0 heterocycles. The summed E-state index contributed by atoms with van der Waals surface area (Å²) in [6, 6.07) is 8.26. The zero-order valence-electron chi connectivity index (χ0n) is 15.9. The number of halogens is 1. The molecule has 0 aliphatic rings. The Morgan fingerprint density at radius 3 is 2.29 bits per heavy atom. The number of benzene rings is 2. The first-order chi connectivity index (χ1) is 13.2. The maximum absolute atomic E-state index is 12.1. The third-order valence-electron chi connectivity index (χ3n) is 3.95. The van der Waals surface area contributed by atoms with Gasteiger partial charge in [-0.2, -0.15) is 0 Å². The van der Waals surface area contributed by atoms with E-state index in [1.807, 2.05) is 32.9 Å². The number of primary amides is 1. The molecule has 3 amide bonds. The van der Waals surface area contributed by atoms with E-state index in [0.717, 1.165) is 22.4 Å². The summed E-state index contributed by atoms with van der Waals surface area (Å²) in [6.07, 6.45) is 0. The number of amides is 3. The molecule has 7 nitrogen and oxygen atoms in total. The monoisotopic (exact) mass is 403 g/mol. The largest absolute Gasteiger partial charge is 0.483 e. The third kappa shape index (κ3) is 5.72. The maximum atomic E-state index is 12.1. The highest BCUT2D eigenvalue weighted by molar-refractivity contribution is 6.31. The Hall–Kier alpha value is -3.06. The van der Waals surface area contributed by atoms with Crippen LogP contribution in [0.4, 0.5) is 5.69 Å². The molecule has 0 bridgehead atoms. The number of aryl methyl sites for hydroxylation is 3. The fourth-order valence-electron chi connectivity index (χ4n) is 2.75. The van der Waals surface area contributed by atoms with Crippen LogP contribution in [0.2, 0.25) is 5.02 Å². The fraction of sp³-hybridized carbons (Fsp3) is 0.250. The van der Waals surface area contributed by atoms with Gasteiger partial charge < -0.3 is 21.1 Å². The first-order valence-electron chi connectivity index (χ1n) is 8.54. The molecule has 0 atom stereocenters. The standard InChI is InChI=1S/C20H22ClN3O4/c1-11-6-12(2)19(13(3)7-11)24-17(25)9-23-18(26)10-28-16-5-4-14(21)8-15(16)20(22)27/h4-8H,9-10H2,1-3H3,(H2,22,27)(H,23,26)(H,24,25). The fourth-order valence-corrected chi connectivity index (χ4v) is 2.93. The van der Waals surface area contributed by atoms with E-state index in [-0.39, 0.29) is 30.4 Å². The van der Waals surface area contributed by atoms with Crippen LogP contribution < -0.4 is 21.1 Å². The Balaban J connectivity index is 1.88. The summed E-state index contributed by atoms with van der Waals surface area (Å²) < 4.78 is 5.31. The van der Waals surface area contributed by atoms with Gasteiger partial charge in [-0.3, -0.25) is 14.4 Å². The van der Waals surface area contributed by atoms with Crippen LogP contribution in [0.25, 0.3) is 0 Å². The molecular weight excluding hydrogens is 382 g/mol. The van der Waals surface area contributed by atoms with Crippen LogP contribution in [0.5, 0.6) is 5.75 Å². The smallest absolute Gasteiger partial charge is 0.258 e. The van der Waals surface area contributed by atoms with Crippen molar-refractivity contribution in [1.82, 2.24) is 5.32 Å². The highest BCUT2D eigenvalue weighted by atomic mass is 35.5. The summed E-state index contributed by atoms with van der Waals surface area (Å²) in [5.74, 6) is -1.45. The predicted octanol–water partition coefficient (Wildman–Crippen LogP) is 2.50. The van der Waals surface area contributed by atoms with Gasteiger partial charge in [0.25, 0.3) is 11.8 Å². The van der Waals surface area contributed by atoms with E-state index < -0.39 is 11.8 Å². The molecule has 0 saturated carbocycles. The lowest BCUT2D eigenvalue weighted by molar-refractivity contribution is -0.125. The minimum atomic E-state index is -0.721. The van der Waals surface area contributed by atoms with Crippen molar-refractivity contribution in [2.24, 2.45) is 5.73 Å². The molecule has 2 rings (SSSR count). The molecule has 4 N–H and O–H groups in total. The highest BCUT2D eigenvalue weighted by Gasteiger charge is 2.13. The van der Waals surface area contributed by atoms with Crippen molar-refractivity contribution in [2.45, 2.75) is 20.8 Å². The molecule has 2 aromatic rings. The zero-order chi connectivity index (χ0) is 20.8. The molecule has 2 aromatic carbocycles. The van der Waals surface area contributed by atoms with E-state index >= 15 is 0 Å². The average molecular weight is 404 g/mol. The number of carbonyl (C=O) groups excluding carboxylic acids is 3. The van der Waals surface area contributed by atoms with Gasteiger partial charge in [0.1, 0.15) is 5.75 Å². The minimum Gasteiger partial charge on any atom is -0.483 e. The van der Waals surface area contributed by atoms with Crippen molar-refractivity contribution < 1.29 is 19.1 Å². The summed E-state index contributed by atoms with van der Waals surface area (Å²) in [4.78, 5) is 35.5. The van der Waals surface area contributed by atoms with Gasteiger partial charge in [0, 0.05) is 10.7 Å². The van der Waals surface area contributed by atoms with Crippen LogP contribution in [-0.4, -0.2) is 30.9 Å². The second kappa shape index (κ2) is 9.23. The molecule has 0 radical (unpaired) electrons. The molecule has 0 fully saturated rings. The van der Waals surface area contributed by atoms with Gasteiger partial charge in [0.2, 0.25) is 5.91 Å². The van der Waals surface area contributed by atoms with Gasteiger partial charge in [-0.1, -0.05) is 29.3 Å². The van der Waals surface area contributed by atoms with Crippen LogP contribution in [-0.2, 0) is 9.59 Å². The van der Waals surface area contributed by atoms with Crippen LogP contribution in [0.1, 0.15) is 27.0 Å². The topological polar surface area (TPSA) is 111 Å². The number of nitrogens with one attached hydrogen (secondary N) is 2. The van der Waals surface area contributed by atoms with Crippen molar-refractivity contribution >= 4 is 35.0 Å². The number of hydrogen-bond donors (Lipinski definition) is 3. The third-order valence-corrected chi connectivity index (χ3v) is 4.19. The van der Waals surface area contributed by atoms with Crippen molar-refractivity contribution in [3.05, 3.63) is 57.6 Å². The van der Waals surface area contributed by atoms with Gasteiger partial charge in [0.15, 0.2) is 6.61 Å². The quantitative estimate of drug-likeness (QED) is 0.659. The van der Waals surface area contributed by atoms with E-state index in [4.69, 9.17) is 22.1 Å². The second-order valence-corrected chi connectivity index (χ2v) is 6.83. The second-order valence-electron chi connectivity index (χ2n) is 6.39. The van der Waals surface area contributed by atoms with E-state index in [2.05, 4.69) is 10.6 Å². The summed E-state index contributed by atoms with van der Waals surface area (Å²) in [7, 11) is 0. The average Bonchev–Trinajstić information content (AvgIpc) is 2.61. The zero-order valence-corrected chi connectivity index (χ0v) is 16.6. The number of nitrogens with two attached hydrogens (primary N) is 1. The molecule has 8 heteroatoms. The normalized spacial score (nSPS) is 10.3. The van der Waals surface area contributed by atoms with Crippen molar-refractivity contribution in [3.63, 3.8) is 0 Å². The molecule has 0 saturated heterocycles. The molecule has 0 unspecified atom stereocenters. The van der Waals surface area contributed by atoms with Crippen molar-refractivity contribution in [2.75, 3.05) is 18.5 Å². The molecule has 148 valence electrons. The number of rotatable bonds is 7.